The number of aromatic nitrogens is 3. The van der Waals surface area contributed by atoms with Crippen LogP contribution in [0.4, 0.5) is 0 Å². The summed E-state index contributed by atoms with van der Waals surface area (Å²) >= 11 is 0. The first kappa shape index (κ1) is 12.6. The van der Waals surface area contributed by atoms with Crippen LogP contribution in [-0.4, -0.2) is 26.0 Å². The summed E-state index contributed by atoms with van der Waals surface area (Å²) < 4.78 is 1.75. The topological polar surface area (TPSA) is 50.9 Å². The lowest BCUT2D eigenvalue weighted by Gasteiger charge is -2.36. The number of hydrogen-bond donors (Lipinski definition) is 1. The van der Waals surface area contributed by atoms with Crippen LogP contribution < -0.4 is 0 Å². The van der Waals surface area contributed by atoms with E-state index in [4.69, 9.17) is 0 Å². The molecule has 0 radical (unpaired) electrons. The molecule has 1 unspecified atom stereocenters. The number of aryl methyl sites for hydroxylation is 1. The van der Waals surface area contributed by atoms with Crippen molar-refractivity contribution >= 4 is 0 Å². The largest absolute Gasteiger partial charge is 0.392 e. The minimum Gasteiger partial charge on any atom is -0.392 e. The highest BCUT2D eigenvalue weighted by molar-refractivity contribution is 4.90. The van der Waals surface area contributed by atoms with Crippen LogP contribution >= 0.6 is 0 Å². The first-order valence-electron chi connectivity index (χ1n) is 6.49. The van der Waals surface area contributed by atoms with Crippen LogP contribution in [0.5, 0.6) is 0 Å². The lowest BCUT2D eigenvalue weighted by atomic mass is 9.71. The molecule has 4 heteroatoms. The molecule has 96 valence electrons. The molecule has 0 spiro atoms. The zero-order valence-electron chi connectivity index (χ0n) is 11.1. The van der Waals surface area contributed by atoms with Gasteiger partial charge in [-0.2, -0.15) is 5.10 Å². The highest BCUT2D eigenvalue weighted by atomic mass is 16.3. The van der Waals surface area contributed by atoms with Gasteiger partial charge in [0.25, 0.3) is 0 Å². The van der Waals surface area contributed by atoms with E-state index in [1.807, 2.05) is 7.05 Å². The van der Waals surface area contributed by atoms with Crippen LogP contribution in [0.2, 0.25) is 0 Å². The quantitative estimate of drug-likeness (QED) is 0.874. The molecule has 1 fully saturated rings. The number of aliphatic hydroxyl groups is 1. The number of aliphatic hydroxyl groups excluding tert-OH is 1. The highest BCUT2D eigenvalue weighted by Crippen LogP contribution is 2.39. The standard InChI is InChI=1S/C13H23N3O/c1-13(2)6-4-10(5-7-13)11(17)8-12-14-9-15-16(12)3/h9-11,17H,4-8H2,1-3H3. The van der Waals surface area contributed by atoms with Gasteiger partial charge in [-0.05, 0) is 37.0 Å². The van der Waals surface area contributed by atoms with Gasteiger partial charge in [-0.1, -0.05) is 13.8 Å². The Morgan fingerprint density at radius 2 is 2.12 bits per heavy atom. The molecule has 1 aliphatic carbocycles. The third-order valence-electron chi connectivity index (χ3n) is 4.12. The van der Waals surface area contributed by atoms with E-state index in [-0.39, 0.29) is 6.10 Å². The van der Waals surface area contributed by atoms with Crippen molar-refractivity contribution < 1.29 is 5.11 Å². The van der Waals surface area contributed by atoms with E-state index < -0.39 is 0 Å². The molecule has 1 aromatic heterocycles. The zero-order valence-corrected chi connectivity index (χ0v) is 11.1. The molecule has 0 aromatic carbocycles. The lowest BCUT2D eigenvalue weighted by molar-refractivity contribution is 0.0557. The minimum absolute atomic E-state index is 0.269. The van der Waals surface area contributed by atoms with Gasteiger partial charge in [-0.15, -0.1) is 0 Å². The summed E-state index contributed by atoms with van der Waals surface area (Å²) in [7, 11) is 1.87. The molecule has 0 amide bonds. The van der Waals surface area contributed by atoms with Gasteiger partial charge in [-0.3, -0.25) is 4.68 Å². The molecule has 1 heterocycles. The molecular formula is C13H23N3O. The van der Waals surface area contributed by atoms with Crippen molar-refractivity contribution in [1.29, 1.82) is 0 Å². The van der Waals surface area contributed by atoms with Crippen LogP contribution in [-0.2, 0) is 13.5 Å². The molecule has 4 nitrogen and oxygen atoms in total. The van der Waals surface area contributed by atoms with E-state index >= 15 is 0 Å². The first-order valence-corrected chi connectivity index (χ1v) is 6.49. The highest BCUT2D eigenvalue weighted by Gasteiger charge is 2.31. The van der Waals surface area contributed by atoms with Gasteiger partial charge in [0.05, 0.1) is 6.10 Å². The van der Waals surface area contributed by atoms with E-state index in [1.54, 1.807) is 11.0 Å². The van der Waals surface area contributed by atoms with Crippen molar-refractivity contribution in [3.63, 3.8) is 0 Å². The molecule has 2 rings (SSSR count). The van der Waals surface area contributed by atoms with Crippen molar-refractivity contribution in [1.82, 2.24) is 14.8 Å². The van der Waals surface area contributed by atoms with Crippen LogP contribution in [0.3, 0.4) is 0 Å². The summed E-state index contributed by atoms with van der Waals surface area (Å²) in [6, 6.07) is 0. The molecule has 0 aliphatic heterocycles. The summed E-state index contributed by atoms with van der Waals surface area (Å²) in [5, 5.41) is 14.3. The molecule has 1 N–H and O–H groups in total. The van der Waals surface area contributed by atoms with E-state index in [2.05, 4.69) is 23.9 Å². The SMILES string of the molecule is Cn1ncnc1CC(O)C1CCC(C)(C)CC1. The second-order valence-electron chi connectivity index (χ2n) is 6.07. The van der Waals surface area contributed by atoms with Crippen LogP contribution in [0.25, 0.3) is 0 Å². The summed E-state index contributed by atoms with van der Waals surface area (Å²) in [6.07, 6.45) is 6.60. The Morgan fingerprint density at radius 1 is 1.47 bits per heavy atom. The Kier molecular flexibility index (Phi) is 3.52. The van der Waals surface area contributed by atoms with Gasteiger partial charge in [0.2, 0.25) is 0 Å². The van der Waals surface area contributed by atoms with Crippen molar-refractivity contribution in [2.45, 2.75) is 52.1 Å². The summed E-state index contributed by atoms with van der Waals surface area (Å²) in [4.78, 5) is 4.17. The Morgan fingerprint density at radius 3 is 2.65 bits per heavy atom. The molecular weight excluding hydrogens is 214 g/mol. The van der Waals surface area contributed by atoms with Crippen molar-refractivity contribution in [2.75, 3.05) is 0 Å². The van der Waals surface area contributed by atoms with Gasteiger partial charge in [0, 0.05) is 13.5 Å². The van der Waals surface area contributed by atoms with Gasteiger partial charge < -0.3 is 5.11 Å². The number of hydrogen-bond acceptors (Lipinski definition) is 3. The third-order valence-corrected chi connectivity index (χ3v) is 4.12. The second-order valence-corrected chi connectivity index (χ2v) is 6.07. The maximum Gasteiger partial charge on any atom is 0.138 e. The maximum absolute atomic E-state index is 10.3. The summed E-state index contributed by atoms with van der Waals surface area (Å²) in [5.41, 5.74) is 0.459. The van der Waals surface area contributed by atoms with E-state index in [9.17, 15) is 5.11 Å². The molecule has 1 saturated carbocycles. The molecule has 0 bridgehead atoms. The average Bonchev–Trinajstić information content (AvgIpc) is 2.64. The lowest BCUT2D eigenvalue weighted by Crippen LogP contribution is -2.31. The Bertz CT molecular complexity index is 362. The first-order chi connectivity index (χ1) is 7.98. The molecule has 1 aliphatic rings. The van der Waals surface area contributed by atoms with Crippen molar-refractivity contribution in [3.8, 4) is 0 Å². The predicted octanol–water partition coefficient (Wildman–Crippen LogP) is 1.93. The summed E-state index contributed by atoms with van der Waals surface area (Å²) in [5.74, 6) is 1.31. The van der Waals surface area contributed by atoms with Gasteiger partial charge in [0.1, 0.15) is 12.2 Å². The molecule has 0 saturated heterocycles. The molecule has 17 heavy (non-hydrogen) atoms. The van der Waals surface area contributed by atoms with Crippen LogP contribution in [0.15, 0.2) is 6.33 Å². The number of nitrogens with zero attached hydrogens (tertiary/aromatic N) is 3. The number of rotatable bonds is 3. The fraction of sp³-hybridized carbons (Fsp3) is 0.846. The van der Waals surface area contributed by atoms with Gasteiger partial charge >= 0.3 is 0 Å². The fourth-order valence-electron chi connectivity index (χ4n) is 2.67. The molecule has 1 aromatic rings. The van der Waals surface area contributed by atoms with E-state index in [1.165, 1.54) is 12.8 Å². The normalized spacial score (nSPS) is 22.6. The van der Waals surface area contributed by atoms with Crippen molar-refractivity contribution in [3.05, 3.63) is 12.2 Å². The fourth-order valence-corrected chi connectivity index (χ4v) is 2.67. The zero-order chi connectivity index (χ0) is 12.5. The maximum atomic E-state index is 10.3. The second kappa shape index (κ2) is 4.77. The van der Waals surface area contributed by atoms with E-state index in [0.29, 0.717) is 17.8 Å². The van der Waals surface area contributed by atoms with E-state index in [0.717, 1.165) is 18.7 Å². The average molecular weight is 237 g/mol. The Labute approximate surface area is 103 Å². The Hall–Kier alpha value is -0.900. The third kappa shape index (κ3) is 3.06. The van der Waals surface area contributed by atoms with Crippen LogP contribution in [0, 0.1) is 11.3 Å². The van der Waals surface area contributed by atoms with Crippen LogP contribution in [0.1, 0.15) is 45.4 Å². The van der Waals surface area contributed by atoms with Gasteiger partial charge in [-0.25, -0.2) is 4.98 Å². The predicted molar refractivity (Wildman–Crippen MR) is 66.5 cm³/mol. The van der Waals surface area contributed by atoms with Gasteiger partial charge in [0.15, 0.2) is 0 Å². The minimum atomic E-state index is -0.269. The smallest absolute Gasteiger partial charge is 0.138 e. The monoisotopic (exact) mass is 237 g/mol. The molecule has 1 atom stereocenters. The van der Waals surface area contributed by atoms with Crippen molar-refractivity contribution in [2.24, 2.45) is 18.4 Å². The Balaban J connectivity index is 1.89. The summed E-state index contributed by atoms with van der Waals surface area (Å²) in [6.45, 7) is 4.64.